The molecule has 114 valence electrons. The average molecular weight is 311 g/mol. The molecule has 1 heterocycles. The van der Waals surface area contributed by atoms with Gasteiger partial charge in [-0.05, 0) is 37.0 Å². The van der Waals surface area contributed by atoms with Crippen LogP contribution in [-0.2, 0) is 11.2 Å². The Hall–Kier alpha value is -1.15. The molecule has 0 unspecified atom stereocenters. The molecule has 0 radical (unpaired) electrons. The minimum atomic E-state index is -0.255. The monoisotopic (exact) mass is 310 g/mol. The summed E-state index contributed by atoms with van der Waals surface area (Å²) in [5, 5.41) is 9.22. The normalized spacial score (nSPS) is 16.1. The van der Waals surface area contributed by atoms with Crippen molar-refractivity contribution in [2.24, 2.45) is 0 Å². The molecule has 21 heavy (non-hydrogen) atoms. The third-order valence-corrected chi connectivity index (χ3v) is 4.14. The maximum absolute atomic E-state index is 13.8. The topological polar surface area (TPSA) is 36.3 Å². The van der Waals surface area contributed by atoms with Gasteiger partial charge >= 0.3 is 0 Å². The number of rotatable bonds is 6. The van der Waals surface area contributed by atoms with Crippen molar-refractivity contribution < 1.29 is 9.13 Å². The van der Waals surface area contributed by atoms with Gasteiger partial charge in [0.25, 0.3) is 0 Å². The third kappa shape index (κ3) is 4.96. The summed E-state index contributed by atoms with van der Waals surface area (Å²) in [5.74, 6) is -0.255. The Bertz CT molecular complexity index is 498. The average Bonchev–Trinajstić information content (AvgIpc) is 2.50. The van der Waals surface area contributed by atoms with Crippen molar-refractivity contribution in [2.45, 2.75) is 31.7 Å². The van der Waals surface area contributed by atoms with E-state index in [1.807, 2.05) is 0 Å². The van der Waals surface area contributed by atoms with Crippen LogP contribution >= 0.6 is 11.6 Å². The molecule has 2 rings (SSSR count). The Morgan fingerprint density at radius 1 is 1.33 bits per heavy atom. The number of nitrogens with zero attached hydrogens (tertiary/aromatic N) is 2. The first-order valence-corrected chi connectivity index (χ1v) is 7.71. The molecular formula is C16H20ClFN2O. The molecule has 5 heteroatoms. The maximum Gasteiger partial charge on any atom is 0.127 e. The van der Waals surface area contributed by atoms with Gasteiger partial charge in [-0.15, -0.1) is 0 Å². The van der Waals surface area contributed by atoms with Gasteiger partial charge in [0.1, 0.15) is 5.82 Å². The SMILES string of the molecule is N#CCCN(CCc1ccc(Cl)cc1F)C1CCOCC1. The minimum Gasteiger partial charge on any atom is -0.381 e. The van der Waals surface area contributed by atoms with Crippen molar-refractivity contribution in [1.29, 1.82) is 5.26 Å². The van der Waals surface area contributed by atoms with Crippen LogP contribution < -0.4 is 0 Å². The lowest BCUT2D eigenvalue weighted by atomic mass is 10.0. The minimum absolute atomic E-state index is 0.255. The predicted molar refractivity (Wildman–Crippen MR) is 80.8 cm³/mol. The first-order valence-electron chi connectivity index (χ1n) is 7.33. The molecular weight excluding hydrogens is 291 g/mol. The van der Waals surface area contributed by atoms with E-state index in [2.05, 4.69) is 11.0 Å². The quantitative estimate of drug-likeness (QED) is 0.808. The molecule has 0 saturated carbocycles. The molecule has 0 spiro atoms. The highest BCUT2D eigenvalue weighted by molar-refractivity contribution is 6.30. The second-order valence-electron chi connectivity index (χ2n) is 5.27. The molecule has 1 aliphatic heterocycles. The summed E-state index contributed by atoms with van der Waals surface area (Å²) in [5.41, 5.74) is 0.674. The van der Waals surface area contributed by atoms with Crippen LogP contribution in [0.3, 0.4) is 0 Å². The molecule has 0 amide bonds. The van der Waals surface area contributed by atoms with Crippen molar-refractivity contribution in [1.82, 2.24) is 4.90 Å². The van der Waals surface area contributed by atoms with E-state index in [0.29, 0.717) is 29.5 Å². The standard InChI is InChI=1S/C16H20ClFN2O/c17-14-3-2-13(16(18)12-14)4-9-20(8-1-7-19)15-5-10-21-11-6-15/h2-3,12,15H,1,4-6,8-11H2. The van der Waals surface area contributed by atoms with Crippen LogP contribution in [-0.4, -0.2) is 37.2 Å². The molecule has 0 bridgehead atoms. The summed E-state index contributed by atoms with van der Waals surface area (Å²) in [6, 6.07) is 7.43. The van der Waals surface area contributed by atoms with Gasteiger partial charge in [-0.25, -0.2) is 4.39 Å². The highest BCUT2D eigenvalue weighted by Gasteiger charge is 2.21. The van der Waals surface area contributed by atoms with Crippen LogP contribution in [0, 0.1) is 17.1 Å². The fraction of sp³-hybridized carbons (Fsp3) is 0.562. The van der Waals surface area contributed by atoms with Crippen molar-refractivity contribution >= 4 is 11.6 Å². The fourth-order valence-corrected chi connectivity index (χ4v) is 2.87. The third-order valence-electron chi connectivity index (χ3n) is 3.90. The van der Waals surface area contributed by atoms with Crippen LogP contribution in [0.1, 0.15) is 24.8 Å². The molecule has 1 fully saturated rings. The van der Waals surface area contributed by atoms with Gasteiger partial charge in [-0.2, -0.15) is 5.26 Å². The Labute approximate surface area is 130 Å². The summed E-state index contributed by atoms with van der Waals surface area (Å²) < 4.78 is 19.2. The van der Waals surface area contributed by atoms with E-state index in [0.717, 1.165) is 39.1 Å². The van der Waals surface area contributed by atoms with Crippen molar-refractivity contribution in [3.8, 4) is 6.07 Å². The second kappa shape index (κ2) is 8.33. The van der Waals surface area contributed by atoms with Gasteiger partial charge in [0.05, 0.1) is 6.07 Å². The zero-order chi connectivity index (χ0) is 15.1. The summed E-state index contributed by atoms with van der Waals surface area (Å²) >= 11 is 5.77. The molecule has 0 atom stereocenters. The lowest BCUT2D eigenvalue weighted by molar-refractivity contribution is 0.0350. The molecule has 3 nitrogen and oxygen atoms in total. The molecule has 0 aliphatic carbocycles. The van der Waals surface area contributed by atoms with Gasteiger partial charge < -0.3 is 4.74 Å². The Balaban J connectivity index is 1.95. The molecule has 0 aromatic heterocycles. The van der Waals surface area contributed by atoms with E-state index in [4.69, 9.17) is 21.6 Å². The Kier molecular flexibility index (Phi) is 6.44. The van der Waals surface area contributed by atoms with E-state index in [1.165, 1.54) is 6.07 Å². The van der Waals surface area contributed by atoms with E-state index in [-0.39, 0.29) is 5.82 Å². The molecule has 0 N–H and O–H groups in total. The lowest BCUT2D eigenvalue weighted by Gasteiger charge is -2.33. The lowest BCUT2D eigenvalue weighted by Crippen LogP contribution is -2.41. The molecule has 1 aromatic carbocycles. The fourth-order valence-electron chi connectivity index (χ4n) is 2.71. The van der Waals surface area contributed by atoms with Crippen LogP contribution in [0.25, 0.3) is 0 Å². The largest absolute Gasteiger partial charge is 0.381 e. The van der Waals surface area contributed by atoms with Crippen LogP contribution in [0.5, 0.6) is 0 Å². The highest BCUT2D eigenvalue weighted by atomic mass is 35.5. The first-order chi connectivity index (χ1) is 10.2. The first kappa shape index (κ1) is 16.2. The summed E-state index contributed by atoms with van der Waals surface area (Å²) in [6.45, 7) is 3.02. The van der Waals surface area contributed by atoms with Crippen molar-refractivity contribution in [3.05, 3.63) is 34.6 Å². The molecule has 1 saturated heterocycles. The second-order valence-corrected chi connectivity index (χ2v) is 5.71. The van der Waals surface area contributed by atoms with E-state index in [9.17, 15) is 4.39 Å². The van der Waals surface area contributed by atoms with Gasteiger partial charge in [0.15, 0.2) is 0 Å². The number of hydrogen-bond donors (Lipinski definition) is 0. The smallest absolute Gasteiger partial charge is 0.127 e. The Morgan fingerprint density at radius 3 is 2.76 bits per heavy atom. The zero-order valence-corrected chi connectivity index (χ0v) is 12.8. The summed E-state index contributed by atoms with van der Waals surface area (Å²) in [6.07, 6.45) is 3.09. The van der Waals surface area contributed by atoms with Gasteiger partial charge in [0.2, 0.25) is 0 Å². The maximum atomic E-state index is 13.8. The number of halogens is 2. The Morgan fingerprint density at radius 2 is 2.10 bits per heavy atom. The van der Waals surface area contributed by atoms with Gasteiger partial charge in [0, 0.05) is 43.8 Å². The zero-order valence-electron chi connectivity index (χ0n) is 12.0. The number of benzene rings is 1. The van der Waals surface area contributed by atoms with Crippen LogP contribution in [0.4, 0.5) is 4.39 Å². The number of hydrogen-bond acceptors (Lipinski definition) is 3. The van der Waals surface area contributed by atoms with Crippen LogP contribution in [0.2, 0.25) is 5.02 Å². The number of ether oxygens (including phenoxy) is 1. The van der Waals surface area contributed by atoms with Gasteiger partial charge in [-0.1, -0.05) is 17.7 Å². The van der Waals surface area contributed by atoms with Gasteiger partial charge in [-0.3, -0.25) is 4.90 Å². The van der Waals surface area contributed by atoms with E-state index < -0.39 is 0 Å². The van der Waals surface area contributed by atoms with E-state index >= 15 is 0 Å². The summed E-state index contributed by atoms with van der Waals surface area (Å²) in [7, 11) is 0. The predicted octanol–water partition coefficient (Wildman–Crippen LogP) is 3.42. The van der Waals surface area contributed by atoms with E-state index in [1.54, 1.807) is 12.1 Å². The van der Waals surface area contributed by atoms with Crippen molar-refractivity contribution in [2.75, 3.05) is 26.3 Å². The summed E-state index contributed by atoms with van der Waals surface area (Å²) in [4.78, 5) is 2.29. The van der Waals surface area contributed by atoms with Crippen molar-refractivity contribution in [3.63, 3.8) is 0 Å². The van der Waals surface area contributed by atoms with Crippen LogP contribution in [0.15, 0.2) is 18.2 Å². The number of nitriles is 1. The molecule has 1 aliphatic rings. The molecule has 1 aromatic rings. The highest BCUT2D eigenvalue weighted by Crippen LogP contribution is 2.18.